The Kier molecular flexibility index (Phi) is 3.29. The molecule has 0 bridgehead atoms. The zero-order chi connectivity index (χ0) is 13.2. The third-order valence-corrected chi connectivity index (χ3v) is 3.49. The average Bonchev–Trinajstić information content (AvgIpc) is 2.82. The van der Waals surface area contributed by atoms with Gasteiger partial charge in [0, 0.05) is 0 Å². The molecule has 0 radical (unpaired) electrons. The molecule has 1 amide bonds. The summed E-state index contributed by atoms with van der Waals surface area (Å²) in [5.74, 6) is 0.591. The van der Waals surface area contributed by atoms with Crippen molar-refractivity contribution in [1.82, 2.24) is 0 Å². The molecule has 3 rings (SSSR count). The molecule has 2 unspecified atom stereocenters. The van der Waals surface area contributed by atoms with Gasteiger partial charge >= 0.3 is 0 Å². The number of para-hydroxylation sites is 1. The molecule has 1 aromatic rings. The van der Waals surface area contributed by atoms with Gasteiger partial charge in [0.05, 0.1) is 37.5 Å². The first-order valence-corrected chi connectivity index (χ1v) is 6.70. The topological polar surface area (TPSA) is 59.6 Å². The lowest BCUT2D eigenvalue weighted by molar-refractivity contribution is -0.119. The van der Waals surface area contributed by atoms with Gasteiger partial charge in [-0.05, 0) is 18.6 Å². The summed E-state index contributed by atoms with van der Waals surface area (Å²) >= 11 is 0. The van der Waals surface area contributed by atoms with Gasteiger partial charge in [0.1, 0.15) is 11.4 Å². The van der Waals surface area contributed by atoms with Crippen LogP contribution in [0, 0.1) is 5.92 Å². The molecular formula is C14H18N2O3. The van der Waals surface area contributed by atoms with Crippen LogP contribution in [0.1, 0.15) is 13.3 Å². The maximum atomic E-state index is 12.2. The van der Waals surface area contributed by atoms with Gasteiger partial charge in [-0.1, -0.05) is 13.0 Å². The fourth-order valence-electron chi connectivity index (χ4n) is 2.48. The maximum Gasteiger partial charge on any atom is 0.232 e. The van der Waals surface area contributed by atoms with Crippen molar-refractivity contribution in [2.45, 2.75) is 19.4 Å². The quantitative estimate of drug-likeness (QED) is 0.873. The van der Waals surface area contributed by atoms with Crippen LogP contribution >= 0.6 is 0 Å². The second-order valence-corrected chi connectivity index (χ2v) is 4.91. The van der Waals surface area contributed by atoms with Gasteiger partial charge in [0.2, 0.25) is 5.91 Å². The number of amides is 1. The van der Waals surface area contributed by atoms with Gasteiger partial charge in [-0.15, -0.1) is 0 Å². The van der Waals surface area contributed by atoms with Crippen molar-refractivity contribution < 1.29 is 14.3 Å². The Morgan fingerprint density at radius 1 is 1.42 bits per heavy atom. The van der Waals surface area contributed by atoms with Crippen LogP contribution in [-0.4, -0.2) is 31.8 Å². The molecule has 0 saturated carbocycles. The summed E-state index contributed by atoms with van der Waals surface area (Å²) in [7, 11) is 0. The molecule has 19 heavy (non-hydrogen) atoms. The van der Waals surface area contributed by atoms with E-state index in [2.05, 4.69) is 17.6 Å². The number of nitrogens with one attached hydrogen (secondary N) is 2. The highest BCUT2D eigenvalue weighted by Gasteiger charge is 2.37. The molecule has 0 spiro atoms. The highest BCUT2D eigenvalue weighted by molar-refractivity contribution is 6.00. The molecule has 1 fully saturated rings. The van der Waals surface area contributed by atoms with Crippen molar-refractivity contribution >= 4 is 17.3 Å². The number of rotatable bonds is 3. The largest absolute Gasteiger partial charge is 0.491 e. The summed E-state index contributed by atoms with van der Waals surface area (Å²) in [4.78, 5) is 12.2. The van der Waals surface area contributed by atoms with E-state index in [4.69, 9.17) is 9.47 Å². The van der Waals surface area contributed by atoms with Gasteiger partial charge < -0.3 is 20.1 Å². The molecule has 102 valence electrons. The minimum absolute atomic E-state index is 0.00120. The summed E-state index contributed by atoms with van der Waals surface area (Å²) in [5.41, 5.74) is 1.65. The first-order valence-electron chi connectivity index (χ1n) is 6.70. The Morgan fingerprint density at radius 3 is 3.16 bits per heavy atom. The molecule has 5 heteroatoms. The number of ether oxygens (including phenoxy) is 2. The molecule has 1 saturated heterocycles. The van der Waals surface area contributed by atoms with E-state index in [1.54, 1.807) is 0 Å². The molecular weight excluding hydrogens is 244 g/mol. The molecule has 2 atom stereocenters. The molecule has 2 aliphatic heterocycles. The summed E-state index contributed by atoms with van der Waals surface area (Å²) in [5, 5.41) is 6.35. The van der Waals surface area contributed by atoms with E-state index in [0.717, 1.165) is 23.5 Å². The summed E-state index contributed by atoms with van der Waals surface area (Å²) < 4.78 is 11.1. The smallest absolute Gasteiger partial charge is 0.232 e. The Morgan fingerprint density at radius 2 is 2.32 bits per heavy atom. The monoisotopic (exact) mass is 262 g/mol. The van der Waals surface area contributed by atoms with Crippen molar-refractivity contribution in [2.75, 3.05) is 30.5 Å². The van der Waals surface area contributed by atoms with Crippen LogP contribution in [0.4, 0.5) is 11.4 Å². The van der Waals surface area contributed by atoms with Crippen molar-refractivity contribution in [3.63, 3.8) is 0 Å². The lowest BCUT2D eigenvalue weighted by atomic mass is 10.0. The molecule has 1 aromatic carbocycles. The van der Waals surface area contributed by atoms with Crippen LogP contribution < -0.4 is 15.4 Å². The van der Waals surface area contributed by atoms with E-state index in [1.807, 2.05) is 18.2 Å². The van der Waals surface area contributed by atoms with E-state index in [1.165, 1.54) is 0 Å². The van der Waals surface area contributed by atoms with Crippen LogP contribution in [0.25, 0.3) is 0 Å². The molecule has 2 N–H and O–H groups in total. The van der Waals surface area contributed by atoms with Crippen LogP contribution in [0.5, 0.6) is 5.75 Å². The third kappa shape index (κ3) is 2.26. The van der Waals surface area contributed by atoms with E-state index in [9.17, 15) is 4.79 Å². The summed E-state index contributed by atoms with van der Waals surface area (Å²) in [6.07, 6.45) is 0.935. The van der Waals surface area contributed by atoms with E-state index >= 15 is 0 Å². The van der Waals surface area contributed by atoms with Crippen molar-refractivity contribution in [3.05, 3.63) is 18.2 Å². The Balaban J connectivity index is 1.93. The number of hydrogen-bond acceptors (Lipinski definition) is 4. The van der Waals surface area contributed by atoms with Gasteiger partial charge in [0.15, 0.2) is 0 Å². The SMILES string of the molecule is CCCOc1cccc2c1NC(=O)C1COCC1N2. The van der Waals surface area contributed by atoms with Crippen molar-refractivity contribution in [2.24, 2.45) is 5.92 Å². The zero-order valence-electron chi connectivity index (χ0n) is 10.9. The van der Waals surface area contributed by atoms with Gasteiger partial charge in [-0.2, -0.15) is 0 Å². The molecule has 2 aliphatic rings. The van der Waals surface area contributed by atoms with Crippen LogP contribution in [-0.2, 0) is 9.53 Å². The molecule has 2 heterocycles. The van der Waals surface area contributed by atoms with Crippen LogP contribution in [0.3, 0.4) is 0 Å². The fourth-order valence-corrected chi connectivity index (χ4v) is 2.48. The minimum atomic E-state index is -0.133. The highest BCUT2D eigenvalue weighted by Crippen LogP contribution is 2.37. The summed E-state index contributed by atoms with van der Waals surface area (Å²) in [6.45, 7) is 3.74. The second kappa shape index (κ2) is 5.09. The number of benzene rings is 1. The van der Waals surface area contributed by atoms with Crippen molar-refractivity contribution in [3.8, 4) is 5.75 Å². The maximum absolute atomic E-state index is 12.2. The highest BCUT2D eigenvalue weighted by atomic mass is 16.5. The Labute approximate surface area is 112 Å². The fraction of sp³-hybridized carbons (Fsp3) is 0.500. The number of hydrogen-bond donors (Lipinski definition) is 2. The van der Waals surface area contributed by atoms with Crippen LogP contribution in [0.15, 0.2) is 18.2 Å². The van der Waals surface area contributed by atoms with Crippen LogP contribution in [0.2, 0.25) is 0 Å². The Hall–Kier alpha value is -1.75. The van der Waals surface area contributed by atoms with E-state index in [-0.39, 0.29) is 17.9 Å². The molecule has 5 nitrogen and oxygen atoms in total. The van der Waals surface area contributed by atoms with Gasteiger partial charge in [-0.25, -0.2) is 0 Å². The van der Waals surface area contributed by atoms with Crippen molar-refractivity contribution in [1.29, 1.82) is 0 Å². The number of carbonyl (C=O) groups excluding carboxylic acids is 1. The lowest BCUT2D eigenvalue weighted by Crippen LogP contribution is -2.33. The summed E-state index contributed by atoms with van der Waals surface area (Å²) in [6, 6.07) is 5.81. The van der Waals surface area contributed by atoms with E-state index in [0.29, 0.717) is 19.8 Å². The van der Waals surface area contributed by atoms with Gasteiger partial charge in [0.25, 0.3) is 0 Å². The first-order chi connectivity index (χ1) is 9.29. The standard InChI is InChI=1S/C14H18N2O3/c1-2-6-19-12-5-3-4-10-13(12)16-14(17)9-7-18-8-11(9)15-10/h3-5,9,11,15H,2,6-8H2,1H3,(H,16,17). The van der Waals surface area contributed by atoms with Gasteiger partial charge in [-0.3, -0.25) is 4.79 Å². The molecule has 0 aliphatic carbocycles. The normalized spacial score (nSPS) is 24.8. The Bertz CT molecular complexity index is 490. The predicted molar refractivity (Wildman–Crippen MR) is 72.6 cm³/mol. The average molecular weight is 262 g/mol. The number of carbonyl (C=O) groups is 1. The van der Waals surface area contributed by atoms with E-state index < -0.39 is 0 Å². The number of anilines is 2. The number of fused-ring (bicyclic) bond motifs is 2. The first kappa shape index (κ1) is 12.3. The minimum Gasteiger partial charge on any atom is -0.491 e. The lowest BCUT2D eigenvalue weighted by Gasteiger charge is -2.15. The molecule has 0 aromatic heterocycles. The zero-order valence-corrected chi connectivity index (χ0v) is 10.9. The predicted octanol–water partition coefficient (Wildman–Crippen LogP) is 1.85. The second-order valence-electron chi connectivity index (χ2n) is 4.91. The third-order valence-electron chi connectivity index (χ3n) is 3.49.